The van der Waals surface area contributed by atoms with Gasteiger partial charge < -0.3 is 4.74 Å². The topological polar surface area (TPSA) is 111 Å². The zero-order valence-corrected chi connectivity index (χ0v) is 14.5. The first-order chi connectivity index (χ1) is 11.8. The molecule has 0 spiro atoms. The van der Waals surface area contributed by atoms with E-state index >= 15 is 0 Å². The number of nitrogens with zero attached hydrogens (tertiary/aromatic N) is 2. The molecule has 0 atom stereocenters. The van der Waals surface area contributed by atoms with Crippen molar-refractivity contribution in [1.29, 1.82) is 0 Å². The quantitative estimate of drug-likeness (QED) is 0.462. The summed E-state index contributed by atoms with van der Waals surface area (Å²) in [6, 6.07) is 11.6. The molecule has 2 aromatic carbocycles. The van der Waals surface area contributed by atoms with Gasteiger partial charge in [-0.3, -0.25) is 10.1 Å². The van der Waals surface area contributed by atoms with Gasteiger partial charge >= 0.3 is 0 Å². The van der Waals surface area contributed by atoms with Crippen molar-refractivity contribution in [2.75, 3.05) is 6.61 Å². The molecule has 1 N–H and O–H groups in total. The lowest BCUT2D eigenvalue weighted by Gasteiger charge is -2.07. The van der Waals surface area contributed by atoms with Gasteiger partial charge in [-0.2, -0.15) is 18.4 Å². The first-order valence-corrected chi connectivity index (χ1v) is 8.85. The van der Waals surface area contributed by atoms with Crippen LogP contribution in [0.15, 0.2) is 58.5 Å². The van der Waals surface area contributed by atoms with Crippen LogP contribution >= 0.6 is 0 Å². The molecule has 0 fully saturated rings. The molecule has 0 aliphatic carbocycles. The number of nitrogens with one attached hydrogen (secondary N) is 1. The van der Waals surface area contributed by atoms with Gasteiger partial charge in [0.15, 0.2) is 0 Å². The third-order valence-corrected chi connectivity index (χ3v) is 4.50. The monoisotopic (exact) mass is 363 g/mol. The van der Waals surface area contributed by atoms with Crippen molar-refractivity contribution < 1.29 is 18.1 Å². The molecule has 0 unspecified atom stereocenters. The highest BCUT2D eigenvalue weighted by atomic mass is 32.2. The summed E-state index contributed by atoms with van der Waals surface area (Å²) in [7, 11) is -3.82. The summed E-state index contributed by atoms with van der Waals surface area (Å²) in [5.41, 5.74) is 0.899. The second-order valence-electron chi connectivity index (χ2n) is 5.00. The number of benzene rings is 2. The highest BCUT2D eigenvalue weighted by Crippen LogP contribution is 2.16. The molecule has 25 heavy (non-hydrogen) atoms. The lowest BCUT2D eigenvalue weighted by molar-refractivity contribution is -0.384. The number of hydrogen-bond donors (Lipinski definition) is 1. The summed E-state index contributed by atoms with van der Waals surface area (Å²) < 4.78 is 29.7. The molecule has 0 heterocycles. The fraction of sp³-hybridized carbons (Fsp3) is 0.188. The van der Waals surface area contributed by atoms with Gasteiger partial charge in [-0.05, 0) is 55.8 Å². The Bertz CT molecular complexity index is 875. The Morgan fingerprint density at radius 3 is 2.28 bits per heavy atom. The zero-order valence-electron chi connectivity index (χ0n) is 13.7. The molecule has 0 saturated carbocycles. The van der Waals surface area contributed by atoms with E-state index in [-0.39, 0.29) is 10.6 Å². The Morgan fingerprint density at radius 1 is 1.16 bits per heavy atom. The van der Waals surface area contributed by atoms with Crippen molar-refractivity contribution in [3.8, 4) is 5.75 Å². The smallest absolute Gasteiger partial charge is 0.276 e. The van der Waals surface area contributed by atoms with Crippen molar-refractivity contribution in [3.05, 3.63) is 64.2 Å². The van der Waals surface area contributed by atoms with E-state index in [0.29, 0.717) is 23.6 Å². The number of ether oxygens (including phenoxy) is 1. The van der Waals surface area contributed by atoms with Gasteiger partial charge in [-0.1, -0.05) is 0 Å². The number of hydrazone groups is 1. The van der Waals surface area contributed by atoms with Crippen LogP contribution in [0.4, 0.5) is 5.69 Å². The Balaban J connectivity index is 2.13. The van der Waals surface area contributed by atoms with E-state index in [4.69, 9.17) is 4.74 Å². The van der Waals surface area contributed by atoms with Gasteiger partial charge in [-0.25, -0.2) is 0 Å². The summed E-state index contributed by atoms with van der Waals surface area (Å²) >= 11 is 0. The molecule has 132 valence electrons. The third-order valence-electron chi connectivity index (χ3n) is 3.27. The molecule has 9 heteroatoms. The fourth-order valence-electron chi connectivity index (χ4n) is 1.95. The number of non-ortho nitro benzene ring substituents is 1. The molecular weight excluding hydrogens is 346 g/mol. The Morgan fingerprint density at radius 2 is 1.76 bits per heavy atom. The number of rotatable bonds is 7. The average molecular weight is 363 g/mol. The van der Waals surface area contributed by atoms with Crippen molar-refractivity contribution in [3.63, 3.8) is 0 Å². The van der Waals surface area contributed by atoms with Gasteiger partial charge in [0.05, 0.1) is 22.1 Å². The maximum atomic E-state index is 12.2. The van der Waals surface area contributed by atoms with Crippen LogP contribution in [0.1, 0.15) is 19.4 Å². The third kappa shape index (κ3) is 4.77. The van der Waals surface area contributed by atoms with Crippen molar-refractivity contribution >= 4 is 21.4 Å². The van der Waals surface area contributed by atoms with Crippen LogP contribution in [0.3, 0.4) is 0 Å². The summed E-state index contributed by atoms with van der Waals surface area (Å²) in [5.74, 6) is 0.576. The molecular formula is C16H17N3O5S. The standard InChI is InChI=1S/C16H17N3O5S/c1-3-24-15-8-10-16(11-9-15)25(22,23)18-17-12(2)13-4-6-14(7-5-13)19(20)21/h4-11,18H,3H2,1-2H3/b17-12-. The minimum Gasteiger partial charge on any atom is -0.494 e. The van der Waals surface area contributed by atoms with E-state index in [2.05, 4.69) is 9.93 Å². The van der Waals surface area contributed by atoms with E-state index in [0.717, 1.165) is 0 Å². The molecule has 0 radical (unpaired) electrons. The summed E-state index contributed by atoms with van der Waals surface area (Å²) in [4.78, 5) is 12.3. The van der Waals surface area contributed by atoms with Crippen LogP contribution in [0, 0.1) is 10.1 Å². The Labute approximate surface area is 145 Å². The highest BCUT2D eigenvalue weighted by molar-refractivity contribution is 7.89. The maximum Gasteiger partial charge on any atom is 0.276 e. The number of hydrogen-bond acceptors (Lipinski definition) is 6. The van der Waals surface area contributed by atoms with Crippen LogP contribution in [-0.2, 0) is 10.0 Å². The molecule has 0 aliphatic heterocycles. The molecule has 0 amide bonds. The SMILES string of the molecule is CCOc1ccc(S(=O)(=O)N/N=C(/C)c2ccc([N+](=O)[O-])cc2)cc1. The minimum atomic E-state index is -3.82. The second kappa shape index (κ2) is 7.75. The van der Waals surface area contributed by atoms with Crippen molar-refractivity contribution in [1.82, 2.24) is 4.83 Å². The molecule has 0 aliphatic rings. The van der Waals surface area contributed by atoms with E-state index in [1.54, 1.807) is 19.1 Å². The van der Waals surface area contributed by atoms with Gasteiger partial charge in [0.25, 0.3) is 15.7 Å². The van der Waals surface area contributed by atoms with E-state index in [1.165, 1.54) is 36.4 Å². The molecule has 0 aromatic heterocycles. The Kier molecular flexibility index (Phi) is 5.71. The largest absolute Gasteiger partial charge is 0.494 e. The number of nitro benzene ring substituents is 1. The van der Waals surface area contributed by atoms with Gasteiger partial charge in [-0.15, -0.1) is 0 Å². The van der Waals surface area contributed by atoms with E-state index in [1.807, 2.05) is 6.92 Å². The lowest BCUT2D eigenvalue weighted by Crippen LogP contribution is -2.20. The molecule has 2 rings (SSSR count). The van der Waals surface area contributed by atoms with Crippen LogP contribution < -0.4 is 9.57 Å². The van der Waals surface area contributed by atoms with Crippen molar-refractivity contribution in [2.24, 2.45) is 5.10 Å². The number of sulfonamides is 1. The highest BCUT2D eigenvalue weighted by Gasteiger charge is 2.13. The van der Waals surface area contributed by atoms with Gasteiger partial charge in [0.2, 0.25) is 0 Å². The fourth-order valence-corrected chi connectivity index (χ4v) is 2.81. The lowest BCUT2D eigenvalue weighted by atomic mass is 10.1. The van der Waals surface area contributed by atoms with Crippen LogP contribution in [0.5, 0.6) is 5.75 Å². The van der Waals surface area contributed by atoms with Crippen LogP contribution in [0.25, 0.3) is 0 Å². The second-order valence-corrected chi connectivity index (χ2v) is 6.66. The average Bonchev–Trinajstić information content (AvgIpc) is 2.60. The molecule has 0 saturated heterocycles. The molecule has 2 aromatic rings. The van der Waals surface area contributed by atoms with E-state index < -0.39 is 14.9 Å². The van der Waals surface area contributed by atoms with E-state index in [9.17, 15) is 18.5 Å². The predicted molar refractivity (Wildman–Crippen MR) is 93.2 cm³/mol. The summed E-state index contributed by atoms with van der Waals surface area (Å²) in [6.07, 6.45) is 0. The maximum absolute atomic E-state index is 12.2. The zero-order chi connectivity index (χ0) is 18.4. The summed E-state index contributed by atoms with van der Waals surface area (Å²) in [5, 5.41) is 14.5. The first-order valence-electron chi connectivity index (χ1n) is 7.37. The van der Waals surface area contributed by atoms with Crippen LogP contribution in [-0.4, -0.2) is 25.7 Å². The summed E-state index contributed by atoms with van der Waals surface area (Å²) in [6.45, 7) is 3.92. The Hall–Kier alpha value is -2.94. The normalized spacial score (nSPS) is 11.8. The van der Waals surface area contributed by atoms with Crippen molar-refractivity contribution in [2.45, 2.75) is 18.7 Å². The van der Waals surface area contributed by atoms with Gasteiger partial charge in [0, 0.05) is 12.1 Å². The minimum absolute atomic E-state index is 0.0495. The molecule has 8 nitrogen and oxygen atoms in total. The number of nitro groups is 1. The molecule has 0 bridgehead atoms. The first kappa shape index (κ1) is 18.4. The predicted octanol–water partition coefficient (Wildman–Crippen LogP) is 2.70. The van der Waals surface area contributed by atoms with Crippen LogP contribution in [0.2, 0.25) is 0 Å². The van der Waals surface area contributed by atoms with Gasteiger partial charge in [0.1, 0.15) is 5.75 Å².